The predicted octanol–water partition coefficient (Wildman–Crippen LogP) is 2.78. The highest BCUT2D eigenvalue weighted by Crippen LogP contribution is 2.25. The molecule has 1 aromatic heterocycles. The first-order valence-electron chi connectivity index (χ1n) is 8.65. The summed E-state index contributed by atoms with van der Waals surface area (Å²) in [5, 5.41) is 3.23. The first kappa shape index (κ1) is 22.9. The molecule has 1 saturated heterocycles. The van der Waals surface area contributed by atoms with E-state index >= 15 is 0 Å². The van der Waals surface area contributed by atoms with Crippen molar-refractivity contribution in [1.29, 1.82) is 0 Å². The lowest BCUT2D eigenvalue weighted by molar-refractivity contribution is -0.181. The second-order valence-electron chi connectivity index (χ2n) is 6.05. The Bertz CT molecular complexity index is 545. The van der Waals surface area contributed by atoms with Gasteiger partial charge in [0.2, 0.25) is 0 Å². The van der Waals surface area contributed by atoms with Crippen LogP contribution in [-0.2, 0) is 6.42 Å². The third kappa shape index (κ3) is 6.90. The molecule has 0 spiro atoms. The number of alkyl halides is 3. The van der Waals surface area contributed by atoms with Gasteiger partial charge in [0.05, 0.1) is 0 Å². The maximum Gasteiger partial charge on any atom is 0.403 e. The summed E-state index contributed by atoms with van der Waals surface area (Å²) in [6.07, 6.45) is -1.68. The van der Waals surface area contributed by atoms with Crippen LogP contribution in [-0.4, -0.2) is 72.2 Å². The number of aliphatic imine (C=N–C) groups is 1. The van der Waals surface area contributed by atoms with Crippen molar-refractivity contribution in [2.75, 3.05) is 39.3 Å². The van der Waals surface area contributed by atoms with Crippen molar-refractivity contribution in [3.05, 3.63) is 30.1 Å². The molecule has 1 atom stereocenters. The fourth-order valence-corrected chi connectivity index (χ4v) is 2.78. The largest absolute Gasteiger partial charge is 0.403 e. The van der Waals surface area contributed by atoms with Crippen molar-refractivity contribution >= 4 is 29.9 Å². The third-order valence-electron chi connectivity index (χ3n) is 4.33. The molecule has 26 heavy (non-hydrogen) atoms. The molecule has 9 heteroatoms. The number of hydrogen-bond acceptors (Lipinski definition) is 3. The van der Waals surface area contributed by atoms with Crippen molar-refractivity contribution in [2.24, 2.45) is 4.99 Å². The lowest BCUT2D eigenvalue weighted by Crippen LogP contribution is -2.56. The van der Waals surface area contributed by atoms with E-state index in [1.54, 1.807) is 6.20 Å². The summed E-state index contributed by atoms with van der Waals surface area (Å²) in [5.41, 5.74) is 0.978. The van der Waals surface area contributed by atoms with Gasteiger partial charge in [0.1, 0.15) is 6.04 Å². The molecule has 1 unspecified atom stereocenters. The van der Waals surface area contributed by atoms with E-state index in [1.807, 2.05) is 30.0 Å². The summed E-state index contributed by atoms with van der Waals surface area (Å²) in [7, 11) is 0. The Balaban J connectivity index is 0.00000338. The lowest BCUT2D eigenvalue weighted by Gasteiger charge is -2.39. The molecule has 0 radical (unpaired) electrons. The maximum atomic E-state index is 12.8. The summed E-state index contributed by atoms with van der Waals surface area (Å²) >= 11 is 0. The molecule has 0 saturated carbocycles. The van der Waals surface area contributed by atoms with Crippen LogP contribution in [0.5, 0.6) is 0 Å². The Hall–Kier alpha value is -1.10. The molecule has 1 aliphatic rings. The van der Waals surface area contributed by atoms with Gasteiger partial charge in [-0.15, -0.1) is 24.0 Å². The minimum atomic E-state index is -4.18. The summed E-state index contributed by atoms with van der Waals surface area (Å²) in [6.45, 7) is 6.36. The number of hydrogen-bond donors (Lipinski definition) is 1. The Labute approximate surface area is 170 Å². The van der Waals surface area contributed by atoms with Crippen LogP contribution in [0.1, 0.15) is 19.5 Å². The molecule has 1 aromatic rings. The van der Waals surface area contributed by atoms with Crippen LogP contribution in [0.25, 0.3) is 0 Å². The van der Waals surface area contributed by atoms with E-state index < -0.39 is 12.2 Å². The van der Waals surface area contributed by atoms with Crippen LogP contribution in [0.4, 0.5) is 13.2 Å². The second kappa shape index (κ2) is 10.9. The zero-order valence-corrected chi connectivity index (χ0v) is 17.5. The predicted molar refractivity (Wildman–Crippen MR) is 108 cm³/mol. The second-order valence-corrected chi connectivity index (χ2v) is 6.05. The highest BCUT2D eigenvalue weighted by molar-refractivity contribution is 14.0. The SMILES string of the molecule is CCNC(=NCCc1ccccn1)N1CCN(C(C)C(F)(F)F)CC1.I. The number of nitrogens with zero attached hydrogens (tertiary/aromatic N) is 4. The standard InChI is InChI=1S/C17H26F3N5.HI/c1-3-21-16(23-9-7-15-6-4-5-8-22-15)25-12-10-24(11-13-25)14(2)17(18,19)20;/h4-6,8,14H,3,7,9-13H2,1-2H3,(H,21,23);1H. The van der Waals surface area contributed by atoms with Crippen LogP contribution in [0.3, 0.4) is 0 Å². The van der Waals surface area contributed by atoms with Crippen molar-refractivity contribution in [2.45, 2.75) is 32.5 Å². The summed E-state index contributed by atoms with van der Waals surface area (Å²) < 4.78 is 38.5. The average Bonchev–Trinajstić information content (AvgIpc) is 2.61. The molecule has 0 aliphatic carbocycles. The van der Waals surface area contributed by atoms with Crippen molar-refractivity contribution in [3.63, 3.8) is 0 Å². The highest BCUT2D eigenvalue weighted by Gasteiger charge is 2.41. The molecule has 1 N–H and O–H groups in total. The van der Waals surface area contributed by atoms with Crippen LogP contribution < -0.4 is 5.32 Å². The lowest BCUT2D eigenvalue weighted by atomic mass is 10.2. The first-order chi connectivity index (χ1) is 11.9. The van der Waals surface area contributed by atoms with Crippen molar-refractivity contribution < 1.29 is 13.2 Å². The van der Waals surface area contributed by atoms with Crippen molar-refractivity contribution in [3.8, 4) is 0 Å². The highest BCUT2D eigenvalue weighted by atomic mass is 127. The minimum Gasteiger partial charge on any atom is -0.357 e. The number of piperazine rings is 1. The minimum absolute atomic E-state index is 0. The Morgan fingerprint density at radius 1 is 1.27 bits per heavy atom. The van der Waals surface area contributed by atoms with Crippen molar-refractivity contribution in [1.82, 2.24) is 20.1 Å². The van der Waals surface area contributed by atoms with E-state index in [0.29, 0.717) is 32.7 Å². The van der Waals surface area contributed by atoms with Crippen LogP contribution in [0.15, 0.2) is 29.4 Å². The Morgan fingerprint density at radius 2 is 1.96 bits per heavy atom. The molecular weight excluding hydrogens is 458 g/mol. The van der Waals surface area contributed by atoms with E-state index in [2.05, 4.69) is 15.3 Å². The zero-order valence-electron chi connectivity index (χ0n) is 15.2. The fraction of sp³-hybridized carbons (Fsp3) is 0.647. The monoisotopic (exact) mass is 485 g/mol. The van der Waals surface area contributed by atoms with Gasteiger partial charge in [-0.25, -0.2) is 0 Å². The van der Waals surface area contributed by atoms with Gasteiger partial charge >= 0.3 is 6.18 Å². The molecule has 5 nitrogen and oxygen atoms in total. The van der Waals surface area contributed by atoms with E-state index in [1.165, 1.54) is 11.8 Å². The number of nitrogens with one attached hydrogen (secondary N) is 1. The topological polar surface area (TPSA) is 43.8 Å². The van der Waals surface area contributed by atoms with Gasteiger partial charge in [0, 0.05) is 57.6 Å². The zero-order chi connectivity index (χ0) is 18.3. The van der Waals surface area contributed by atoms with E-state index in [-0.39, 0.29) is 24.0 Å². The van der Waals surface area contributed by atoms with E-state index in [9.17, 15) is 13.2 Å². The summed E-state index contributed by atoms with van der Waals surface area (Å²) in [4.78, 5) is 12.4. The molecular formula is C17H27F3IN5. The van der Waals surface area contributed by atoms with Crippen LogP contribution >= 0.6 is 24.0 Å². The van der Waals surface area contributed by atoms with Gasteiger partial charge in [-0.05, 0) is 26.0 Å². The van der Waals surface area contributed by atoms with Gasteiger partial charge in [-0.2, -0.15) is 13.2 Å². The van der Waals surface area contributed by atoms with Gasteiger partial charge in [0.15, 0.2) is 5.96 Å². The molecule has 2 heterocycles. The number of halogens is 4. The molecule has 1 aliphatic heterocycles. The number of aromatic nitrogens is 1. The molecule has 0 aromatic carbocycles. The molecule has 148 valence electrons. The number of rotatable bonds is 5. The van der Waals surface area contributed by atoms with Crippen LogP contribution in [0, 0.1) is 0 Å². The number of pyridine rings is 1. The third-order valence-corrected chi connectivity index (χ3v) is 4.33. The first-order valence-corrected chi connectivity index (χ1v) is 8.65. The van der Waals surface area contributed by atoms with Gasteiger partial charge in [0.25, 0.3) is 0 Å². The normalized spacial score (nSPS) is 17.6. The Morgan fingerprint density at radius 3 is 2.50 bits per heavy atom. The molecule has 0 bridgehead atoms. The smallest absolute Gasteiger partial charge is 0.357 e. The van der Waals surface area contributed by atoms with Gasteiger partial charge in [-0.1, -0.05) is 6.07 Å². The molecule has 2 rings (SSSR count). The molecule has 1 fully saturated rings. The molecule has 0 amide bonds. The van der Waals surface area contributed by atoms with E-state index in [4.69, 9.17) is 0 Å². The summed E-state index contributed by atoms with van der Waals surface area (Å²) in [6, 6.07) is 4.37. The van der Waals surface area contributed by atoms with Gasteiger partial charge < -0.3 is 10.2 Å². The summed E-state index contributed by atoms with van der Waals surface area (Å²) in [5.74, 6) is 0.762. The maximum absolute atomic E-state index is 12.8. The number of guanidine groups is 1. The fourth-order valence-electron chi connectivity index (χ4n) is 2.78. The van der Waals surface area contributed by atoms with E-state index in [0.717, 1.165) is 24.6 Å². The van der Waals surface area contributed by atoms with Gasteiger partial charge in [-0.3, -0.25) is 14.9 Å². The van der Waals surface area contributed by atoms with Crippen LogP contribution in [0.2, 0.25) is 0 Å². The Kier molecular flexibility index (Phi) is 9.62. The quantitative estimate of drug-likeness (QED) is 0.396. The average molecular weight is 485 g/mol.